The summed E-state index contributed by atoms with van der Waals surface area (Å²) in [6, 6.07) is 18.4. The van der Waals surface area contributed by atoms with E-state index in [9.17, 15) is 14.7 Å². The van der Waals surface area contributed by atoms with Crippen molar-refractivity contribution in [3.05, 3.63) is 83.1 Å². The van der Waals surface area contributed by atoms with Crippen LogP contribution in [0.2, 0.25) is 5.02 Å². The van der Waals surface area contributed by atoms with Gasteiger partial charge in [0, 0.05) is 28.8 Å². The van der Waals surface area contributed by atoms with Gasteiger partial charge in [-0.15, -0.1) is 0 Å². The number of piperidine rings is 1. The van der Waals surface area contributed by atoms with Crippen LogP contribution in [0.15, 0.2) is 66.9 Å². The molecule has 4 rings (SSSR count). The Hall–Kier alpha value is -3.22. The van der Waals surface area contributed by atoms with E-state index in [2.05, 4.69) is 10.6 Å². The molecule has 2 atom stereocenters. The fraction of sp³-hybridized carbons (Fsp3) is 0.240. The van der Waals surface area contributed by atoms with Gasteiger partial charge in [0.15, 0.2) is 0 Å². The molecule has 0 radical (unpaired) electrons. The van der Waals surface area contributed by atoms with Gasteiger partial charge in [-0.25, -0.2) is 0 Å². The average molecular weight is 450 g/mol. The third kappa shape index (κ3) is 5.33. The third-order valence-corrected chi connectivity index (χ3v) is 5.90. The van der Waals surface area contributed by atoms with Crippen molar-refractivity contribution < 1.29 is 14.7 Å². The number of nitrogens with one attached hydrogen (secondary N) is 2. The second-order valence-electron chi connectivity index (χ2n) is 7.98. The maximum absolute atomic E-state index is 13.0. The number of nitrogens with zero attached hydrogens (tertiary/aromatic N) is 1. The SMILES string of the molecule is O=C(O)CC1CCNC(c2ncc(-c3ccccc3)cc2NC(=O)c2cccc(Cl)c2)C1. The fourth-order valence-electron chi connectivity index (χ4n) is 4.10. The summed E-state index contributed by atoms with van der Waals surface area (Å²) in [6.07, 6.45) is 3.37. The molecule has 1 aliphatic rings. The van der Waals surface area contributed by atoms with Crippen molar-refractivity contribution in [2.75, 3.05) is 11.9 Å². The number of aromatic nitrogens is 1. The second-order valence-corrected chi connectivity index (χ2v) is 8.42. The summed E-state index contributed by atoms with van der Waals surface area (Å²) < 4.78 is 0. The molecule has 3 aromatic rings. The predicted octanol–water partition coefficient (Wildman–Crippen LogP) is 5.17. The van der Waals surface area contributed by atoms with Gasteiger partial charge in [0.2, 0.25) is 0 Å². The molecule has 1 amide bonds. The first-order valence-corrected chi connectivity index (χ1v) is 10.9. The van der Waals surface area contributed by atoms with Crippen LogP contribution in [0.3, 0.4) is 0 Å². The number of carboxylic acids is 1. The van der Waals surface area contributed by atoms with Crippen molar-refractivity contribution in [1.29, 1.82) is 0 Å². The lowest BCUT2D eigenvalue weighted by atomic mass is 9.87. The fourth-order valence-corrected chi connectivity index (χ4v) is 4.29. The molecular formula is C25H24ClN3O3. The van der Waals surface area contributed by atoms with Crippen LogP contribution in [0.1, 0.15) is 41.4 Å². The van der Waals surface area contributed by atoms with Gasteiger partial charge in [-0.2, -0.15) is 0 Å². The smallest absolute Gasteiger partial charge is 0.303 e. The Morgan fingerprint density at radius 3 is 2.66 bits per heavy atom. The van der Waals surface area contributed by atoms with E-state index in [1.807, 2.05) is 36.4 Å². The number of carbonyl (C=O) groups is 2. The molecule has 2 unspecified atom stereocenters. The first kappa shape index (κ1) is 22.0. The lowest BCUT2D eigenvalue weighted by Gasteiger charge is -2.30. The molecule has 3 N–H and O–H groups in total. The van der Waals surface area contributed by atoms with Gasteiger partial charge in [0.05, 0.1) is 17.4 Å². The van der Waals surface area contributed by atoms with Crippen molar-refractivity contribution in [3.63, 3.8) is 0 Å². The lowest BCUT2D eigenvalue weighted by Crippen LogP contribution is -2.34. The van der Waals surface area contributed by atoms with E-state index in [-0.39, 0.29) is 24.3 Å². The molecule has 2 aromatic carbocycles. The Morgan fingerprint density at radius 2 is 1.91 bits per heavy atom. The quantitative estimate of drug-likeness (QED) is 0.483. The highest BCUT2D eigenvalue weighted by atomic mass is 35.5. The molecule has 1 aliphatic heterocycles. The standard InChI is InChI=1S/C25H24ClN3O3/c26-20-8-4-7-18(13-20)25(32)29-22-14-19(17-5-2-1-3-6-17)15-28-24(22)21-11-16(9-10-27-21)12-23(30)31/h1-8,13-16,21,27H,9-12H2,(H,29,32)(H,30,31). The van der Waals surface area contributed by atoms with Crippen molar-refractivity contribution >= 4 is 29.2 Å². The average Bonchev–Trinajstić information content (AvgIpc) is 2.79. The van der Waals surface area contributed by atoms with Gasteiger partial charge in [-0.1, -0.05) is 48.0 Å². The summed E-state index contributed by atoms with van der Waals surface area (Å²) in [5.41, 5.74) is 3.63. The molecule has 1 fully saturated rings. The van der Waals surface area contributed by atoms with E-state index in [4.69, 9.17) is 16.6 Å². The van der Waals surface area contributed by atoms with E-state index in [1.54, 1.807) is 30.5 Å². The second kappa shape index (κ2) is 9.94. The zero-order valence-electron chi connectivity index (χ0n) is 17.4. The minimum absolute atomic E-state index is 0.0610. The number of anilines is 1. The van der Waals surface area contributed by atoms with E-state index in [0.717, 1.165) is 17.5 Å². The van der Waals surface area contributed by atoms with E-state index in [0.29, 0.717) is 34.9 Å². The summed E-state index contributed by atoms with van der Waals surface area (Å²) in [5.74, 6) is -1.01. The summed E-state index contributed by atoms with van der Waals surface area (Å²) in [4.78, 5) is 28.9. The Balaban J connectivity index is 1.67. The molecule has 6 nitrogen and oxygen atoms in total. The third-order valence-electron chi connectivity index (χ3n) is 5.67. The zero-order valence-corrected chi connectivity index (χ0v) is 18.2. The van der Waals surface area contributed by atoms with Crippen LogP contribution in [0.4, 0.5) is 5.69 Å². The number of aliphatic carboxylic acids is 1. The topological polar surface area (TPSA) is 91.3 Å². The zero-order chi connectivity index (χ0) is 22.5. The highest BCUT2D eigenvalue weighted by molar-refractivity contribution is 6.31. The van der Waals surface area contributed by atoms with Crippen LogP contribution in [0, 0.1) is 5.92 Å². The molecular weight excluding hydrogens is 426 g/mol. The number of amides is 1. The molecule has 1 aromatic heterocycles. The monoisotopic (exact) mass is 449 g/mol. The molecule has 0 spiro atoms. The minimum Gasteiger partial charge on any atom is -0.481 e. The van der Waals surface area contributed by atoms with Gasteiger partial charge in [0.1, 0.15) is 0 Å². The highest BCUT2D eigenvalue weighted by Gasteiger charge is 2.28. The minimum atomic E-state index is -0.794. The van der Waals surface area contributed by atoms with Crippen molar-refractivity contribution in [3.8, 4) is 11.1 Å². The molecule has 32 heavy (non-hydrogen) atoms. The Bertz CT molecular complexity index is 1120. The molecule has 0 bridgehead atoms. The van der Waals surface area contributed by atoms with Gasteiger partial charge < -0.3 is 15.7 Å². The Kier molecular flexibility index (Phi) is 6.83. The Labute approximate surface area is 191 Å². The number of pyridine rings is 1. The van der Waals surface area contributed by atoms with Crippen LogP contribution in [0.25, 0.3) is 11.1 Å². The van der Waals surface area contributed by atoms with Crippen LogP contribution in [0.5, 0.6) is 0 Å². The Morgan fingerprint density at radius 1 is 1.09 bits per heavy atom. The van der Waals surface area contributed by atoms with Crippen LogP contribution < -0.4 is 10.6 Å². The number of carbonyl (C=O) groups excluding carboxylic acids is 1. The van der Waals surface area contributed by atoms with Gasteiger partial charge in [-0.3, -0.25) is 14.6 Å². The van der Waals surface area contributed by atoms with Crippen LogP contribution >= 0.6 is 11.6 Å². The summed E-state index contributed by atoms with van der Waals surface area (Å²) >= 11 is 6.06. The largest absolute Gasteiger partial charge is 0.481 e. The van der Waals surface area contributed by atoms with Crippen LogP contribution in [-0.4, -0.2) is 28.5 Å². The number of hydrogen-bond donors (Lipinski definition) is 3. The van der Waals surface area contributed by atoms with Crippen molar-refractivity contribution in [2.45, 2.75) is 25.3 Å². The predicted molar refractivity (Wildman–Crippen MR) is 125 cm³/mol. The number of rotatable bonds is 6. The highest BCUT2D eigenvalue weighted by Crippen LogP contribution is 2.34. The summed E-state index contributed by atoms with van der Waals surface area (Å²) in [6.45, 7) is 0.701. The lowest BCUT2D eigenvalue weighted by molar-refractivity contribution is -0.138. The first-order chi connectivity index (χ1) is 15.5. The normalized spacial score (nSPS) is 18.2. The van der Waals surface area contributed by atoms with E-state index in [1.165, 1.54) is 0 Å². The van der Waals surface area contributed by atoms with E-state index >= 15 is 0 Å². The number of halogens is 1. The molecule has 0 aliphatic carbocycles. The van der Waals surface area contributed by atoms with Crippen LogP contribution in [-0.2, 0) is 4.79 Å². The number of carboxylic acid groups (broad SMARTS) is 1. The first-order valence-electron chi connectivity index (χ1n) is 10.6. The van der Waals surface area contributed by atoms with E-state index < -0.39 is 5.97 Å². The molecule has 164 valence electrons. The maximum atomic E-state index is 13.0. The van der Waals surface area contributed by atoms with Crippen molar-refractivity contribution in [2.24, 2.45) is 5.92 Å². The van der Waals surface area contributed by atoms with Gasteiger partial charge in [-0.05, 0) is 55.1 Å². The molecule has 7 heteroatoms. The molecule has 0 saturated carbocycles. The summed E-state index contributed by atoms with van der Waals surface area (Å²) in [7, 11) is 0. The maximum Gasteiger partial charge on any atom is 0.303 e. The molecule has 2 heterocycles. The van der Waals surface area contributed by atoms with Crippen molar-refractivity contribution in [1.82, 2.24) is 10.3 Å². The number of hydrogen-bond acceptors (Lipinski definition) is 4. The number of benzene rings is 2. The van der Waals surface area contributed by atoms with Gasteiger partial charge >= 0.3 is 5.97 Å². The van der Waals surface area contributed by atoms with Gasteiger partial charge in [0.25, 0.3) is 5.91 Å². The molecule has 1 saturated heterocycles. The summed E-state index contributed by atoms with van der Waals surface area (Å²) in [5, 5.41) is 16.1.